The molecule has 3 nitrogen and oxygen atoms in total. The molecule has 16 heavy (non-hydrogen) atoms. The zero-order chi connectivity index (χ0) is 11.5. The van der Waals surface area contributed by atoms with E-state index < -0.39 is 0 Å². The van der Waals surface area contributed by atoms with E-state index in [9.17, 15) is 0 Å². The van der Waals surface area contributed by atoms with Crippen molar-refractivity contribution in [2.24, 2.45) is 0 Å². The van der Waals surface area contributed by atoms with Crippen LogP contribution in [0.1, 0.15) is 20.8 Å². The van der Waals surface area contributed by atoms with Gasteiger partial charge in [-0.3, -0.25) is 9.80 Å². The van der Waals surface area contributed by atoms with E-state index >= 15 is 0 Å². The summed E-state index contributed by atoms with van der Waals surface area (Å²) < 4.78 is 0. The highest BCUT2D eigenvalue weighted by Gasteiger charge is 2.35. The largest absolute Gasteiger partial charge is 0.309 e. The fourth-order valence-corrected chi connectivity index (χ4v) is 2.90. The van der Waals surface area contributed by atoms with Crippen LogP contribution in [0.15, 0.2) is 11.6 Å². The van der Waals surface area contributed by atoms with E-state index in [1.165, 1.54) is 38.3 Å². The molecule has 92 valence electrons. The topological polar surface area (TPSA) is 18.5 Å². The number of piperazine rings is 3. The van der Waals surface area contributed by atoms with Gasteiger partial charge in [-0.2, -0.15) is 0 Å². The Morgan fingerprint density at radius 3 is 2.44 bits per heavy atom. The molecule has 0 saturated carbocycles. The first-order chi connectivity index (χ1) is 7.70. The highest BCUT2D eigenvalue weighted by molar-refractivity contribution is 5.08. The Morgan fingerprint density at radius 2 is 2.00 bits per heavy atom. The van der Waals surface area contributed by atoms with Crippen LogP contribution in [-0.2, 0) is 0 Å². The quantitative estimate of drug-likeness (QED) is 0.715. The number of hydrogen-bond donors (Lipinski definition) is 1. The van der Waals surface area contributed by atoms with Gasteiger partial charge in [0, 0.05) is 44.8 Å². The molecule has 2 unspecified atom stereocenters. The second-order valence-electron chi connectivity index (χ2n) is 5.23. The summed E-state index contributed by atoms with van der Waals surface area (Å²) in [6.07, 6.45) is 2.40. The molecule has 0 aromatic carbocycles. The highest BCUT2D eigenvalue weighted by Crippen LogP contribution is 2.19. The van der Waals surface area contributed by atoms with Gasteiger partial charge in [0.25, 0.3) is 0 Å². The fourth-order valence-electron chi connectivity index (χ4n) is 2.90. The van der Waals surface area contributed by atoms with Crippen molar-refractivity contribution in [3.63, 3.8) is 0 Å². The number of allylic oxidation sites excluding steroid dienone is 1. The summed E-state index contributed by atoms with van der Waals surface area (Å²) in [6, 6.07) is 1.20. The minimum absolute atomic E-state index is 0.526. The van der Waals surface area contributed by atoms with Crippen LogP contribution in [0.5, 0.6) is 0 Å². The van der Waals surface area contributed by atoms with Crippen molar-refractivity contribution in [2.45, 2.75) is 32.9 Å². The molecule has 3 heterocycles. The van der Waals surface area contributed by atoms with Crippen LogP contribution >= 0.6 is 0 Å². The number of hydrogen-bond acceptors (Lipinski definition) is 3. The molecule has 0 radical (unpaired) electrons. The number of fused-ring (bicyclic) bond motifs is 3. The zero-order valence-electron chi connectivity index (χ0n) is 10.9. The smallest absolute Gasteiger partial charge is 0.0422 e. The summed E-state index contributed by atoms with van der Waals surface area (Å²) in [7, 11) is 0. The average Bonchev–Trinajstić information content (AvgIpc) is 2.29. The molecule has 0 spiro atoms. The van der Waals surface area contributed by atoms with E-state index in [0.29, 0.717) is 12.1 Å². The third kappa shape index (κ3) is 2.65. The molecule has 3 fully saturated rings. The maximum absolute atomic E-state index is 3.62. The van der Waals surface area contributed by atoms with E-state index in [-0.39, 0.29) is 0 Å². The van der Waals surface area contributed by atoms with E-state index in [4.69, 9.17) is 0 Å². The average molecular weight is 223 g/mol. The number of nitrogens with one attached hydrogen (secondary N) is 1. The summed E-state index contributed by atoms with van der Waals surface area (Å²) >= 11 is 0. The normalized spacial score (nSPS) is 34.8. The van der Waals surface area contributed by atoms with Gasteiger partial charge in [-0.1, -0.05) is 18.6 Å². The Balaban J connectivity index is 2.05. The number of likely N-dealkylation sites (N-methyl/N-ethyl adjacent to an activating group) is 1. The minimum Gasteiger partial charge on any atom is -0.309 e. The third-order valence-corrected chi connectivity index (χ3v) is 3.69. The predicted octanol–water partition coefficient (Wildman–Crippen LogP) is 0.930. The lowest BCUT2D eigenvalue weighted by Gasteiger charge is -2.49. The van der Waals surface area contributed by atoms with E-state index in [1.807, 2.05) is 0 Å². The SMILES string of the molecule is CCNC(C=C(C)C)C1CN2CCN1CC2. The lowest BCUT2D eigenvalue weighted by Crippen LogP contribution is -2.66. The van der Waals surface area contributed by atoms with Crippen molar-refractivity contribution in [1.29, 1.82) is 0 Å². The van der Waals surface area contributed by atoms with Crippen LogP contribution < -0.4 is 5.32 Å². The van der Waals surface area contributed by atoms with Crippen molar-refractivity contribution >= 4 is 0 Å². The first-order valence-electron chi connectivity index (χ1n) is 6.55. The Hall–Kier alpha value is -0.380. The second-order valence-corrected chi connectivity index (χ2v) is 5.23. The molecule has 1 N–H and O–H groups in total. The number of nitrogens with zero attached hydrogens (tertiary/aromatic N) is 2. The van der Waals surface area contributed by atoms with E-state index in [1.54, 1.807) is 0 Å². The molecule has 3 aliphatic heterocycles. The van der Waals surface area contributed by atoms with Gasteiger partial charge in [0.2, 0.25) is 0 Å². The molecule has 3 rings (SSSR count). The van der Waals surface area contributed by atoms with Gasteiger partial charge in [-0.05, 0) is 20.4 Å². The van der Waals surface area contributed by atoms with Crippen LogP contribution in [0.25, 0.3) is 0 Å². The summed E-state index contributed by atoms with van der Waals surface area (Å²) in [4.78, 5) is 5.26. The summed E-state index contributed by atoms with van der Waals surface area (Å²) in [5.41, 5.74) is 1.42. The van der Waals surface area contributed by atoms with Gasteiger partial charge in [0.15, 0.2) is 0 Å². The summed E-state index contributed by atoms with van der Waals surface area (Å²) in [6.45, 7) is 13.9. The standard InChI is InChI=1S/C13H25N3/c1-4-14-12(9-11(2)3)13-10-15-5-7-16(13)8-6-15/h9,12-14H,4-8,10H2,1-3H3. The minimum atomic E-state index is 0.526. The van der Waals surface area contributed by atoms with Gasteiger partial charge >= 0.3 is 0 Å². The highest BCUT2D eigenvalue weighted by atomic mass is 15.4. The molecular weight excluding hydrogens is 198 g/mol. The van der Waals surface area contributed by atoms with Crippen LogP contribution in [0.4, 0.5) is 0 Å². The Morgan fingerprint density at radius 1 is 1.31 bits per heavy atom. The maximum Gasteiger partial charge on any atom is 0.0422 e. The van der Waals surface area contributed by atoms with Crippen molar-refractivity contribution in [1.82, 2.24) is 15.1 Å². The summed E-state index contributed by atoms with van der Waals surface area (Å²) in [5.74, 6) is 0. The molecule has 0 amide bonds. The zero-order valence-corrected chi connectivity index (χ0v) is 10.9. The Bertz CT molecular complexity index is 250. The molecule has 2 atom stereocenters. The summed E-state index contributed by atoms with van der Waals surface area (Å²) in [5, 5.41) is 3.62. The molecule has 0 aromatic heterocycles. The van der Waals surface area contributed by atoms with Gasteiger partial charge in [-0.15, -0.1) is 0 Å². The number of rotatable bonds is 4. The van der Waals surface area contributed by atoms with Gasteiger partial charge in [0.1, 0.15) is 0 Å². The lowest BCUT2D eigenvalue weighted by atomic mass is 9.98. The molecule has 3 heteroatoms. The molecular formula is C13H25N3. The molecule has 3 saturated heterocycles. The monoisotopic (exact) mass is 223 g/mol. The Kier molecular flexibility index (Phi) is 4.00. The van der Waals surface area contributed by atoms with Crippen LogP contribution in [0, 0.1) is 0 Å². The second kappa shape index (κ2) is 5.30. The molecule has 0 aromatic rings. The first kappa shape index (κ1) is 12.1. The van der Waals surface area contributed by atoms with Crippen LogP contribution in [0.2, 0.25) is 0 Å². The van der Waals surface area contributed by atoms with Gasteiger partial charge < -0.3 is 5.32 Å². The fraction of sp³-hybridized carbons (Fsp3) is 0.846. The van der Waals surface area contributed by atoms with E-state index in [0.717, 1.165) is 6.54 Å². The molecule has 0 aliphatic carbocycles. The van der Waals surface area contributed by atoms with Crippen molar-refractivity contribution in [3.8, 4) is 0 Å². The van der Waals surface area contributed by atoms with Gasteiger partial charge in [-0.25, -0.2) is 0 Å². The molecule has 3 aliphatic rings. The van der Waals surface area contributed by atoms with Crippen molar-refractivity contribution in [3.05, 3.63) is 11.6 Å². The van der Waals surface area contributed by atoms with E-state index in [2.05, 4.69) is 42.0 Å². The lowest BCUT2D eigenvalue weighted by molar-refractivity contribution is 0.00380. The predicted molar refractivity (Wildman–Crippen MR) is 68.7 cm³/mol. The van der Waals surface area contributed by atoms with Gasteiger partial charge in [0.05, 0.1) is 0 Å². The van der Waals surface area contributed by atoms with Crippen LogP contribution in [-0.4, -0.2) is 61.2 Å². The first-order valence-corrected chi connectivity index (χ1v) is 6.55. The van der Waals surface area contributed by atoms with Crippen molar-refractivity contribution < 1.29 is 0 Å². The van der Waals surface area contributed by atoms with Crippen LogP contribution in [0.3, 0.4) is 0 Å². The third-order valence-electron chi connectivity index (χ3n) is 3.69. The molecule has 2 bridgehead atoms. The van der Waals surface area contributed by atoms with Crippen molar-refractivity contribution in [2.75, 3.05) is 39.3 Å². The maximum atomic E-state index is 3.62. The Labute approximate surface area is 99.5 Å².